The molecule has 1 aliphatic heterocycles. The van der Waals surface area contributed by atoms with Gasteiger partial charge in [-0.05, 0) is 30.4 Å². The molecular weight excluding hydrogens is 226 g/mol. The third-order valence-corrected chi connectivity index (χ3v) is 4.11. The van der Waals surface area contributed by atoms with Gasteiger partial charge in [0.05, 0.1) is 31.3 Å². The van der Waals surface area contributed by atoms with E-state index >= 15 is 0 Å². The van der Waals surface area contributed by atoms with Crippen molar-refractivity contribution in [1.29, 1.82) is 5.26 Å². The number of ether oxygens (including phenoxy) is 2. The van der Waals surface area contributed by atoms with Crippen molar-refractivity contribution in [3.63, 3.8) is 0 Å². The van der Waals surface area contributed by atoms with Crippen LogP contribution in [0, 0.1) is 11.3 Å². The van der Waals surface area contributed by atoms with E-state index in [2.05, 4.69) is 12.1 Å². The highest BCUT2D eigenvalue weighted by Crippen LogP contribution is 2.48. The number of methoxy groups -OCH3 is 1. The highest BCUT2D eigenvalue weighted by atomic mass is 16.5. The molecule has 1 fully saturated rings. The quantitative estimate of drug-likeness (QED) is 0.800. The summed E-state index contributed by atoms with van der Waals surface area (Å²) in [6.07, 6.45) is 4.53. The number of nitrogens with zero attached hydrogens (tertiary/aromatic N) is 1. The Hall–Kier alpha value is -1.69. The predicted molar refractivity (Wildman–Crippen MR) is 68.1 cm³/mol. The number of hydrogen-bond acceptors (Lipinski definition) is 3. The molecule has 3 nitrogen and oxygen atoms in total. The van der Waals surface area contributed by atoms with Gasteiger partial charge in [0.2, 0.25) is 0 Å². The highest BCUT2D eigenvalue weighted by Gasteiger charge is 2.31. The van der Waals surface area contributed by atoms with Gasteiger partial charge in [0.25, 0.3) is 0 Å². The maximum absolute atomic E-state index is 9.30. The molecule has 0 aromatic heterocycles. The van der Waals surface area contributed by atoms with E-state index in [4.69, 9.17) is 9.47 Å². The zero-order chi connectivity index (χ0) is 12.5. The van der Waals surface area contributed by atoms with E-state index in [0.717, 1.165) is 23.5 Å². The summed E-state index contributed by atoms with van der Waals surface area (Å²) in [4.78, 5) is 0. The van der Waals surface area contributed by atoms with E-state index in [0.29, 0.717) is 12.5 Å². The molecule has 18 heavy (non-hydrogen) atoms. The minimum absolute atomic E-state index is 0.0938. The van der Waals surface area contributed by atoms with Crippen LogP contribution in [0.1, 0.15) is 48.6 Å². The third-order valence-electron chi connectivity index (χ3n) is 4.11. The molecule has 1 aliphatic carbocycles. The standard InChI is InChI=1S/C15H17NO2/c1-17-13-6-5-12(10-3-2-4-10)15-14(13)11(9-16)7-8-18-15/h5-6,10-11H,2-4,7-8H2,1H3. The number of benzene rings is 1. The van der Waals surface area contributed by atoms with Crippen LogP contribution in [0.15, 0.2) is 12.1 Å². The van der Waals surface area contributed by atoms with Gasteiger partial charge in [0, 0.05) is 6.42 Å². The second-order valence-electron chi connectivity index (χ2n) is 5.05. The Morgan fingerprint density at radius 1 is 1.33 bits per heavy atom. The molecule has 3 rings (SSSR count). The van der Waals surface area contributed by atoms with Crippen LogP contribution in [0.5, 0.6) is 11.5 Å². The zero-order valence-corrected chi connectivity index (χ0v) is 10.6. The lowest BCUT2D eigenvalue weighted by atomic mass is 9.77. The lowest BCUT2D eigenvalue weighted by Gasteiger charge is -2.32. The number of rotatable bonds is 2. The van der Waals surface area contributed by atoms with Crippen LogP contribution >= 0.6 is 0 Å². The molecule has 3 heteroatoms. The lowest BCUT2D eigenvalue weighted by Crippen LogP contribution is -2.18. The van der Waals surface area contributed by atoms with Crippen molar-refractivity contribution in [2.24, 2.45) is 0 Å². The van der Waals surface area contributed by atoms with Crippen LogP contribution < -0.4 is 9.47 Å². The minimum Gasteiger partial charge on any atom is -0.496 e. The third kappa shape index (κ3) is 1.64. The molecule has 1 heterocycles. The maximum Gasteiger partial charge on any atom is 0.131 e. The first-order valence-electron chi connectivity index (χ1n) is 6.58. The van der Waals surface area contributed by atoms with Gasteiger partial charge in [-0.2, -0.15) is 5.26 Å². The summed E-state index contributed by atoms with van der Waals surface area (Å²) >= 11 is 0. The second kappa shape index (κ2) is 4.53. The van der Waals surface area contributed by atoms with Crippen molar-refractivity contribution < 1.29 is 9.47 Å². The Balaban J connectivity index is 2.12. The van der Waals surface area contributed by atoms with E-state index in [1.54, 1.807) is 7.11 Å². The maximum atomic E-state index is 9.30. The molecule has 0 spiro atoms. The Morgan fingerprint density at radius 3 is 2.78 bits per heavy atom. The summed E-state index contributed by atoms with van der Waals surface area (Å²) in [5.74, 6) is 2.24. The van der Waals surface area contributed by atoms with E-state index in [1.807, 2.05) is 6.07 Å². The Kier molecular flexibility index (Phi) is 2.87. The van der Waals surface area contributed by atoms with Crippen LogP contribution in [-0.2, 0) is 0 Å². The average Bonchev–Trinajstić information content (AvgIpc) is 2.36. The first-order valence-corrected chi connectivity index (χ1v) is 6.58. The lowest BCUT2D eigenvalue weighted by molar-refractivity contribution is 0.264. The summed E-state index contributed by atoms with van der Waals surface area (Å²) in [5.41, 5.74) is 2.24. The van der Waals surface area contributed by atoms with Gasteiger partial charge in [-0.15, -0.1) is 0 Å². The van der Waals surface area contributed by atoms with Gasteiger partial charge in [-0.3, -0.25) is 0 Å². The predicted octanol–water partition coefficient (Wildman–Crippen LogP) is 3.35. The fourth-order valence-electron chi connectivity index (χ4n) is 2.86. The molecule has 0 amide bonds. The largest absolute Gasteiger partial charge is 0.496 e. The minimum atomic E-state index is -0.0938. The highest BCUT2D eigenvalue weighted by molar-refractivity contribution is 5.56. The van der Waals surface area contributed by atoms with E-state index in [-0.39, 0.29) is 5.92 Å². The number of hydrogen-bond donors (Lipinski definition) is 0. The van der Waals surface area contributed by atoms with Crippen molar-refractivity contribution in [2.45, 2.75) is 37.5 Å². The van der Waals surface area contributed by atoms with E-state index in [9.17, 15) is 5.26 Å². The first kappa shape index (κ1) is 11.4. The van der Waals surface area contributed by atoms with Crippen LogP contribution in [0.2, 0.25) is 0 Å². The molecule has 1 unspecified atom stereocenters. The normalized spacial score (nSPS) is 22.3. The van der Waals surface area contributed by atoms with Crippen LogP contribution in [-0.4, -0.2) is 13.7 Å². The van der Waals surface area contributed by atoms with Gasteiger partial charge < -0.3 is 9.47 Å². The molecule has 1 aromatic carbocycles. The summed E-state index contributed by atoms with van der Waals surface area (Å²) in [6.45, 7) is 0.637. The summed E-state index contributed by atoms with van der Waals surface area (Å²) in [6, 6.07) is 6.48. The van der Waals surface area contributed by atoms with E-state index < -0.39 is 0 Å². The molecule has 0 saturated heterocycles. The monoisotopic (exact) mass is 243 g/mol. The molecule has 94 valence electrons. The van der Waals surface area contributed by atoms with Gasteiger partial charge in [-0.1, -0.05) is 12.5 Å². The van der Waals surface area contributed by atoms with Crippen molar-refractivity contribution in [1.82, 2.24) is 0 Å². The molecule has 1 aromatic rings. The first-order chi connectivity index (χ1) is 8.85. The summed E-state index contributed by atoms with van der Waals surface area (Å²) in [5, 5.41) is 9.30. The van der Waals surface area contributed by atoms with Crippen LogP contribution in [0.4, 0.5) is 0 Å². The Labute approximate surface area is 107 Å². The Bertz CT molecular complexity index is 500. The molecule has 0 radical (unpaired) electrons. The zero-order valence-electron chi connectivity index (χ0n) is 10.6. The molecule has 0 bridgehead atoms. The molecule has 1 atom stereocenters. The second-order valence-corrected chi connectivity index (χ2v) is 5.05. The fraction of sp³-hybridized carbons (Fsp3) is 0.533. The smallest absolute Gasteiger partial charge is 0.131 e. The molecule has 1 saturated carbocycles. The van der Waals surface area contributed by atoms with E-state index in [1.165, 1.54) is 24.8 Å². The van der Waals surface area contributed by atoms with Gasteiger partial charge >= 0.3 is 0 Å². The Morgan fingerprint density at radius 2 is 2.17 bits per heavy atom. The molecule has 0 N–H and O–H groups in total. The van der Waals surface area contributed by atoms with Crippen molar-refractivity contribution >= 4 is 0 Å². The molecule has 2 aliphatic rings. The fourth-order valence-corrected chi connectivity index (χ4v) is 2.86. The van der Waals surface area contributed by atoms with Crippen LogP contribution in [0.3, 0.4) is 0 Å². The topological polar surface area (TPSA) is 42.2 Å². The average molecular weight is 243 g/mol. The van der Waals surface area contributed by atoms with Crippen molar-refractivity contribution in [3.8, 4) is 17.6 Å². The van der Waals surface area contributed by atoms with Gasteiger partial charge in [-0.25, -0.2) is 0 Å². The van der Waals surface area contributed by atoms with Gasteiger partial charge in [0.1, 0.15) is 11.5 Å². The SMILES string of the molecule is COc1ccc(C2CCC2)c2c1C(C#N)CCO2. The number of nitriles is 1. The molecular formula is C15H17NO2. The number of fused-ring (bicyclic) bond motifs is 1. The van der Waals surface area contributed by atoms with Crippen molar-refractivity contribution in [2.75, 3.05) is 13.7 Å². The summed E-state index contributed by atoms with van der Waals surface area (Å²) in [7, 11) is 1.65. The van der Waals surface area contributed by atoms with Gasteiger partial charge in [0.15, 0.2) is 0 Å². The summed E-state index contributed by atoms with van der Waals surface area (Å²) < 4.78 is 11.3. The van der Waals surface area contributed by atoms with Crippen LogP contribution in [0.25, 0.3) is 0 Å². The van der Waals surface area contributed by atoms with Crippen molar-refractivity contribution in [3.05, 3.63) is 23.3 Å².